The Kier molecular flexibility index (Phi) is 5.03. The Morgan fingerprint density at radius 2 is 2.14 bits per heavy atom. The van der Waals surface area contributed by atoms with E-state index >= 15 is 0 Å². The second-order valence-corrected chi connectivity index (χ2v) is 4.94. The van der Waals surface area contributed by atoms with E-state index in [1.165, 1.54) is 7.11 Å². The topological polar surface area (TPSA) is 70.7 Å². The van der Waals surface area contributed by atoms with Gasteiger partial charge >= 0.3 is 12.1 Å². The third-order valence-electron chi connectivity index (χ3n) is 3.47. The van der Waals surface area contributed by atoms with E-state index in [2.05, 4.69) is 22.3 Å². The molecule has 1 aromatic carbocycles. The summed E-state index contributed by atoms with van der Waals surface area (Å²) >= 11 is 0. The minimum absolute atomic E-state index is 0.199. The zero-order chi connectivity index (χ0) is 15.2. The molecule has 2 rings (SSSR count). The number of benzene rings is 1. The van der Waals surface area contributed by atoms with Crippen LogP contribution in [0.4, 0.5) is 15.3 Å². The zero-order valence-electron chi connectivity index (χ0n) is 12.4. The lowest BCUT2D eigenvalue weighted by Gasteiger charge is -2.26. The Morgan fingerprint density at radius 3 is 2.86 bits per heavy atom. The number of amides is 3. The van der Waals surface area contributed by atoms with Gasteiger partial charge in [-0.1, -0.05) is 31.5 Å². The molecule has 1 atom stereocenters. The number of urea groups is 1. The number of anilines is 1. The van der Waals surface area contributed by atoms with E-state index in [-0.39, 0.29) is 6.03 Å². The number of hydrogen-bond donors (Lipinski definition) is 2. The lowest BCUT2D eigenvalue weighted by Crippen LogP contribution is -2.52. The van der Waals surface area contributed by atoms with Crippen molar-refractivity contribution in [3.8, 4) is 0 Å². The summed E-state index contributed by atoms with van der Waals surface area (Å²) in [5, 5.41) is 5.58. The van der Waals surface area contributed by atoms with Crippen LogP contribution in [0, 0.1) is 0 Å². The predicted octanol–water partition coefficient (Wildman–Crippen LogP) is 2.24. The molecule has 1 aromatic rings. The number of nitrogens with one attached hydrogen (secondary N) is 2. The normalized spacial score (nSPS) is 16.3. The Bertz CT molecular complexity index is 519. The van der Waals surface area contributed by atoms with Gasteiger partial charge in [0.1, 0.15) is 6.17 Å². The first-order valence-electron chi connectivity index (χ1n) is 7.16. The highest BCUT2D eigenvalue weighted by Crippen LogP contribution is 2.30. The van der Waals surface area contributed by atoms with Crippen molar-refractivity contribution in [2.24, 2.45) is 0 Å². The molecular formula is C15H21N3O3. The van der Waals surface area contributed by atoms with E-state index in [0.29, 0.717) is 13.0 Å². The highest BCUT2D eigenvalue weighted by atomic mass is 16.5. The number of carbonyl (C=O) groups is 2. The fourth-order valence-electron chi connectivity index (χ4n) is 2.40. The minimum atomic E-state index is -0.542. The van der Waals surface area contributed by atoms with E-state index in [1.54, 1.807) is 4.90 Å². The Balaban J connectivity index is 2.14. The van der Waals surface area contributed by atoms with Gasteiger partial charge in [-0.05, 0) is 18.1 Å². The molecule has 114 valence electrons. The van der Waals surface area contributed by atoms with Gasteiger partial charge in [0.2, 0.25) is 0 Å². The maximum atomic E-state index is 12.4. The molecule has 6 heteroatoms. The average molecular weight is 291 g/mol. The lowest BCUT2D eigenvalue weighted by atomic mass is 10.1. The second kappa shape index (κ2) is 6.97. The van der Waals surface area contributed by atoms with Gasteiger partial charge in [0, 0.05) is 13.0 Å². The molecule has 1 aliphatic rings. The molecule has 0 aliphatic carbocycles. The largest absolute Gasteiger partial charge is 0.453 e. The molecule has 0 aromatic heterocycles. The standard InChI is InChI=1S/C15H21N3O3/c1-3-4-9-16-14(19)18-12-8-6-5-7-11(12)10-13(18)17-15(20)21-2/h5-8,13H,3-4,9-10H2,1-2H3,(H,16,19)(H,17,20). The van der Waals surface area contributed by atoms with Crippen LogP contribution in [-0.2, 0) is 11.2 Å². The van der Waals surface area contributed by atoms with Crippen LogP contribution in [0.5, 0.6) is 0 Å². The Hall–Kier alpha value is -2.24. The summed E-state index contributed by atoms with van der Waals surface area (Å²) in [5.41, 5.74) is 1.86. The Labute approximate surface area is 124 Å². The SMILES string of the molecule is CCCCNC(=O)N1c2ccccc2CC1NC(=O)OC. The van der Waals surface area contributed by atoms with Crippen LogP contribution in [0.15, 0.2) is 24.3 Å². The molecule has 1 heterocycles. The summed E-state index contributed by atoms with van der Waals surface area (Å²) in [5.74, 6) is 0. The van der Waals surface area contributed by atoms with E-state index in [1.807, 2.05) is 24.3 Å². The molecule has 1 aliphatic heterocycles. The molecule has 6 nitrogen and oxygen atoms in total. The van der Waals surface area contributed by atoms with Crippen LogP contribution in [0.3, 0.4) is 0 Å². The molecule has 0 spiro atoms. The molecule has 2 N–H and O–H groups in total. The maximum Gasteiger partial charge on any atom is 0.408 e. The van der Waals surface area contributed by atoms with Crippen molar-refractivity contribution in [3.63, 3.8) is 0 Å². The van der Waals surface area contributed by atoms with Crippen molar-refractivity contribution in [2.45, 2.75) is 32.4 Å². The maximum absolute atomic E-state index is 12.4. The summed E-state index contributed by atoms with van der Waals surface area (Å²) in [6.07, 6.45) is 1.55. The molecule has 0 bridgehead atoms. The molecular weight excluding hydrogens is 270 g/mol. The monoisotopic (exact) mass is 291 g/mol. The predicted molar refractivity (Wildman–Crippen MR) is 80.3 cm³/mol. The highest BCUT2D eigenvalue weighted by molar-refractivity contribution is 5.95. The molecule has 21 heavy (non-hydrogen) atoms. The molecule has 0 saturated heterocycles. The first-order valence-corrected chi connectivity index (χ1v) is 7.16. The Morgan fingerprint density at radius 1 is 1.38 bits per heavy atom. The third-order valence-corrected chi connectivity index (χ3v) is 3.47. The number of fused-ring (bicyclic) bond motifs is 1. The van der Waals surface area contributed by atoms with Crippen LogP contribution in [0.1, 0.15) is 25.3 Å². The van der Waals surface area contributed by atoms with E-state index in [4.69, 9.17) is 0 Å². The molecule has 1 unspecified atom stereocenters. The number of methoxy groups -OCH3 is 1. The van der Waals surface area contributed by atoms with Gasteiger partial charge in [-0.25, -0.2) is 9.59 Å². The van der Waals surface area contributed by atoms with Gasteiger partial charge in [-0.15, -0.1) is 0 Å². The average Bonchev–Trinajstić information content (AvgIpc) is 2.85. The van der Waals surface area contributed by atoms with Crippen LogP contribution < -0.4 is 15.5 Å². The van der Waals surface area contributed by atoms with Crippen LogP contribution in [-0.4, -0.2) is 31.9 Å². The summed E-state index contributed by atoms with van der Waals surface area (Å²) in [4.78, 5) is 25.4. The van der Waals surface area contributed by atoms with Crippen LogP contribution in [0.25, 0.3) is 0 Å². The fraction of sp³-hybridized carbons (Fsp3) is 0.467. The van der Waals surface area contributed by atoms with E-state index < -0.39 is 12.3 Å². The third kappa shape index (κ3) is 3.45. The van der Waals surface area contributed by atoms with Crippen molar-refractivity contribution in [1.29, 1.82) is 0 Å². The molecule has 0 saturated carbocycles. The van der Waals surface area contributed by atoms with Crippen molar-refractivity contribution in [1.82, 2.24) is 10.6 Å². The summed E-state index contributed by atoms with van der Waals surface area (Å²) in [7, 11) is 1.31. The van der Waals surface area contributed by atoms with Crippen LogP contribution in [0.2, 0.25) is 0 Å². The number of carbonyl (C=O) groups excluding carboxylic acids is 2. The molecule has 0 fully saturated rings. The van der Waals surface area contributed by atoms with E-state index in [0.717, 1.165) is 24.1 Å². The van der Waals surface area contributed by atoms with E-state index in [9.17, 15) is 9.59 Å². The van der Waals surface area contributed by atoms with Gasteiger partial charge in [-0.2, -0.15) is 0 Å². The number of unbranched alkanes of at least 4 members (excludes halogenated alkanes) is 1. The quantitative estimate of drug-likeness (QED) is 0.836. The zero-order valence-corrected chi connectivity index (χ0v) is 12.4. The highest BCUT2D eigenvalue weighted by Gasteiger charge is 2.34. The van der Waals surface area contributed by atoms with Gasteiger partial charge in [0.05, 0.1) is 12.8 Å². The van der Waals surface area contributed by atoms with Crippen molar-refractivity contribution in [3.05, 3.63) is 29.8 Å². The minimum Gasteiger partial charge on any atom is -0.453 e. The van der Waals surface area contributed by atoms with Crippen molar-refractivity contribution >= 4 is 17.8 Å². The smallest absolute Gasteiger partial charge is 0.408 e. The van der Waals surface area contributed by atoms with Crippen molar-refractivity contribution in [2.75, 3.05) is 18.6 Å². The summed E-state index contributed by atoms with van der Waals surface area (Å²) in [6.45, 7) is 2.69. The number of rotatable bonds is 4. The van der Waals surface area contributed by atoms with Gasteiger partial charge < -0.3 is 15.4 Å². The first-order chi connectivity index (χ1) is 10.2. The molecule has 3 amide bonds. The number of para-hydroxylation sites is 1. The number of hydrogen-bond acceptors (Lipinski definition) is 3. The lowest BCUT2D eigenvalue weighted by molar-refractivity contribution is 0.166. The van der Waals surface area contributed by atoms with Gasteiger partial charge in [0.15, 0.2) is 0 Å². The first kappa shape index (κ1) is 15.2. The fourth-order valence-corrected chi connectivity index (χ4v) is 2.40. The van der Waals surface area contributed by atoms with Crippen LogP contribution >= 0.6 is 0 Å². The number of nitrogens with zero attached hydrogens (tertiary/aromatic N) is 1. The number of alkyl carbamates (subject to hydrolysis) is 1. The van der Waals surface area contributed by atoms with Crippen molar-refractivity contribution < 1.29 is 14.3 Å². The summed E-state index contributed by atoms with van der Waals surface area (Å²) in [6, 6.07) is 7.45. The second-order valence-electron chi connectivity index (χ2n) is 4.94. The van der Waals surface area contributed by atoms with Gasteiger partial charge in [0.25, 0.3) is 0 Å². The summed E-state index contributed by atoms with van der Waals surface area (Å²) < 4.78 is 4.63. The van der Waals surface area contributed by atoms with Gasteiger partial charge in [-0.3, -0.25) is 4.90 Å². The molecule has 0 radical (unpaired) electrons. The number of ether oxygens (including phenoxy) is 1.